The van der Waals surface area contributed by atoms with E-state index in [1.807, 2.05) is 6.92 Å². The van der Waals surface area contributed by atoms with Crippen molar-refractivity contribution < 1.29 is 19.1 Å². The Kier molecular flexibility index (Phi) is 5.10. The van der Waals surface area contributed by atoms with Gasteiger partial charge in [0.05, 0.1) is 12.7 Å². The first-order valence-corrected chi connectivity index (χ1v) is 6.94. The summed E-state index contributed by atoms with van der Waals surface area (Å²) in [6.07, 6.45) is 6.10. The third kappa shape index (κ3) is 4.14. The molecule has 0 saturated heterocycles. The molecule has 2 amide bonds. The van der Waals surface area contributed by atoms with Crippen molar-refractivity contribution in [2.24, 2.45) is 5.92 Å². The van der Waals surface area contributed by atoms with E-state index in [1.54, 1.807) is 0 Å². The van der Waals surface area contributed by atoms with Gasteiger partial charge in [-0.2, -0.15) is 0 Å². The molecule has 19 heavy (non-hydrogen) atoms. The Morgan fingerprint density at radius 1 is 1.26 bits per heavy atom. The van der Waals surface area contributed by atoms with E-state index < -0.39 is 0 Å². The van der Waals surface area contributed by atoms with Crippen LogP contribution in [-0.4, -0.2) is 37.7 Å². The third-order valence-corrected chi connectivity index (χ3v) is 3.64. The molecule has 0 unspecified atom stereocenters. The van der Waals surface area contributed by atoms with Gasteiger partial charge in [0.25, 0.3) is 11.8 Å². The molecule has 5 heteroatoms. The average Bonchev–Trinajstić information content (AvgIpc) is 2.71. The Labute approximate surface area is 113 Å². The van der Waals surface area contributed by atoms with Gasteiger partial charge >= 0.3 is 0 Å². The van der Waals surface area contributed by atoms with Gasteiger partial charge in [-0.25, -0.2) is 0 Å². The van der Waals surface area contributed by atoms with Gasteiger partial charge < -0.3 is 9.47 Å². The summed E-state index contributed by atoms with van der Waals surface area (Å²) in [5.74, 6) is -0.136. The van der Waals surface area contributed by atoms with E-state index >= 15 is 0 Å². The van der Waals surface area contributed by atoms with Crippen LogP contribution < -0.4 is 5.32 Å². The number of hydrogen-bond acceptors (Lipinski definition) is 4. The number of rotatable bonds is 6. The second-order valence-corrected chi connectivity index (χ2v) is 5.10. The molecule has 0 radical (unpaired) electrons. The molecule has 1 saturated carbocycles. The Morgan fingerprint density at radius 3 is 2.58 bits per heavy atom. The minimum atomic E-state index is -0.346. The van der Waals surface area contributed by atoms with Crippen molar-refractivity contribution in [3.8, 4) is 0 Å². The second-order valence-electron chi connectivity index (χ2n) is 5.10. The molecule has 1 aliphatic heterocycles. The third-order valence-electron chi connectivity index (χ3n) is 3.64. The van der Waals surface area contributed by atoms with E-state index in [2.05, 4.69) is 5.32 Å². The van der Waals surface area contributed by atoms with Gasteiger partial charge in [-0.3, -0.25) is 14.9 Å². The molecule has 1 fully saturated rings. The van der Waals surface area contributed by atoms with Crippen LogP contribution >= 0.6 is 0 Å². The highest BCUT2D eigenvalue weighted by molar-refractivity contribution is 6.16. The molecule has 0 spiro atoms. The number of amides is 2. The molecule has 2 rings (SSSR count). The van der Waals surface area contributed by atoms with Gasteiger partial charge in [0.1, 0.15) is 0 Å². The van der Waals surface area contributed by atoms with E-state index in [-0.39, 0.29) is 18.4 Å². The summed E-state index contributed by atoms with van der Waals surface area (Å²) in [6, 6.07) is 0. The predicted octanol–water partition coefficient (Wildman–Crippen LogP) is 1.18. The van der Waals surface area contributed by atoms with Crippen molar-refractivity contribution in [1.29, 1.82) is 0 Å². The molecule has 106 valence electrons. The first kappa shape index (κ1) is 14.2. The molecular formula is C14H21NO4. The minimum absolute atomic E-state index is 0.225. The Hall–Kier alpha value is -1.20. The molecule has 0 atom stereocenters. The van der Waals surface area contributed by atoms with Crippen molar-refractivity contribution in [2.45, 2.75) is 38.7 Å². The molecule has 0 aromatic carbocycles. The lowest BCUT2D eigenvalue weighted by Crippen LogP contribution is -2.25. The maximum absolute atomic E-state index is 11.3. The van der Waals surface area contributed by atoms with Crippen LogP contribution in [0.2, 0.25) is 0 Å². The highest BCUT2D eigenvalue weighted by Crippen LogP contribution is 2.26. The molecule has 0 bridgehead atoms. The molecule has 1 heterocycles. The largest absolute Gasteiger partial charge is 0.379 e. The van der Waals surface area contributed by atoms with Crippen LogP contribution in [0.1, 0.15) is 32.6 Å². The van der Waals surface area contributed by atoms with Crippen molar-refractivity contribution in [3.05, 3.63) is 11.6 Å². The quantitative estimate of drug-likeness (QED) is 0.734. The van der Waals surface area contributed by atoms with Crippen molar-refractivity contribution in [3.63, 3.8) is 0 Å². The molecular weight excluding hydrogens is 246 g/mol. The van der Waals surface area contributed by atoms with Crippen LogP contribution in [0.3, 0.4) is 0 Å². The summed E-state index contributed by atoms with van der Waals surface area (Å²) in [6.45, 7) is 3.68. The summed E-state index contributed by atoms with van der Waals surface area (Å²) in [5, 5.41) is 2.21. The highest BCUT2D eigenvalue weighted by Gasteiger charge is 2.23. The van der Waals surface area contributed by atoms with Crippen molar-refractivity contribution in [1.82, 2.24) is 5.32 Å². The monoisotopic (exact) mass is 267 g/mol. The number of carbonyl (C=O) groups is 2. The lowest BCUT2D eigenvalue weighted by atomic mass is 9.88. The Bertz CT molecular complexity index is 370. The van der Waals surface area contributed by atoms with E-state index in [4.69, 9.17) is 9.47 Å². The van der Waals surface area contributed by atoms with Crippen LogP contribution in [0, 0.1) is 5.92 Å². The van der Waals surface area contributed by atoms with Gasteiger partial charge in [-0.15, -0.1) is 0 Å². The van der Waals surface area contributed by atoms with Crippen LogP contribution in [0.15, 0.2) is 11.6 Å². The zero-order valence-electron chi connectivity index (χ0n) is 11.3. The van der Waals surface area contributed by atoms with Crippen LogP contribution in [0.4, 0.5) is 0 Å². The fourth-order valence-corrected chi connectivity index (χ4v) is 2.60. The van der Waals surface area contributed by atoms with E-state index in [0.29, 0.717) is 24.2 Å². The first-order chi connectivity index (χ1) is 9.19. The average molecular weight is 267 g/mol. The summed E-state index contributed by atoms with van der Waals surface area (Å²) in [4.78, 5) is 22.2. The fourth-order valence-electron chi connectivity index (χ4n) is 2.60. The lowest BCUT2D eigenvalue weighted by Gasteiger charge is -2.28. The molecule has 0 aromatic rings. The SMILES string of the molecule is CCOC1CCC(COCC2=CC(=O)NC2=O)CC1. The zero-order valence-corrected chi connectivity index (χ0v) is 11.3. The summed E-state index contributed by atoms with van der Waals surface area (Å²) < 4.78 is 11.2. The van der Waals surface area contributed by atoms with Gasteiger partial charge in [0.2, 0.25) is 0 Å². The van der Waals surface area contributed by atoms with Crippen molar-refractivity contribution >= 4 is 11.8 Å². The maximum Gasteiger partial charge on any atom is 0.256 e. The molecule has 1 aliphatic carbocycles. The topological polar surface area (TPSA) is 64.6 Å². The smallest absolute Gasteiger partial charge is 0.256 e. The molecule has 0 aromatic heterocycles. The van der Waals surface area contributed by atoms with Crippen LogP contribution in [0.25, 0.3) is 0 Å². The minimum Gasteiger partial charge on any atom is -0.379 e. The van der Waals surface area contributed by atoms with E-state index in [0.717, 1.165) is 32.3 Å². The highest BCUT2D eigenvalue weighted by atomic mass is 16.5. The number of ether oxygens (including phenoxy) is 2. The Morgan fingerprint density at radius 2 is 2.00 bits per heavy atom. The lowest BCUT2D eigenvalue weighted by molar-refractivity contribution is -0.124. The number of nitrogens with one attached hydrogen (secondary N) is 1. The summed E-state index contributed by atoms with van der Waals surface area (Å²) >= 11 is 0. The van der Waals surface area contributed by atoms with Crippen LogP contribution in [-0.2, 0) is 19.1 Å². The summed E-state index contributed by atoms with van der Waals surface area (Å²) in [7, 11) is 0. The first-order valence-electron chi connectivity index (χ1n) is 6.94. The summed E-state index contributed by atoms with van der Waals surface area (Å²) in [5.41, 5.74) is 0.424. The second kappa shape index (κ2) is 6.82. The van der Waals surface area contributed by atoms with Gasteiger partial charge in [0.15, 0.2) is 0 Å². The number of hydrogen-bond donors (Lipinski definition) is 1. The van der Waals surface area contributed by atoms with Gasteiger partial charge in [-0.1, -0.05) is 0 Å². The molecule has 1 N–H and O–H groups in total. The molecule has 5 nitrogen and oxygen atoms in total. The normalized spacial score (nSPS) is 27.3. The van der Waals surface area contributed by atoms with Gasteiger partial charge in [0, 0.05) is 24.9 Å². The van der Waals surface area contributed by atoms with Gasteiger partial charge in [-0.05, 0) is 38.5 Å². The Balaban J connectivity index is 1.63. The van der Waals surface area contributed by atoms with Crippen molar-refractivity contribution in [2.75, 3.05) is 19.8 Å². The fraction of sp³-hybridized carbons (Fsp3) is 0.714. The standard InChI is InChI=1S/C14H21NO4/c1-2-19-12-5-3-10(4-6-12)8-18-9-11-7-13(16)15-14(11)17/h7,10,12H,2-6,8-9H2,1H3,(H,15,16,17). The predicted molar refractivity (Wildman–Crippen MR) is 69.4 cm³/mol. The maximum atomic E-state index is 11.3. The van der Waals surface area contributed by atoms with E-state index in [1.165, 1.54) is 6.08 Å². The molecule has 2 aliphatic rings. The van der Waals surface area contributed by atoms with Crippen LogP contribution in [0.5, 0.6) is 0 Å². The zero-order chi connectivity index (χ0) is 13.7. The van der Waals surface area contributed by atoms with E-state index in [9.17, 15) is 9.59 Å². The number of carbonyl (C=O) groups excluding carboxylic acids is 2. The number of imide groups is 1.